The first kappa shape index (κ1) is 15.8. The second-order valence-electron chi connectivity index (χ2n) is 4.97. The molecule has 126 valence electrons. The summed E-state index contributed by atoms with van der Waals surface area (Å²) in [4.78, 5) is 12.9. The van der Waals surface area contributed by atoms with Crippen LogP contribution in [-0.2, 0) is 0 Å². The third-order valence-corrected chi connectivity index (χ3v) is 3.78. The van der Waals surface area contributed by atoms with E-state index in [-0.39, 0.29) is 44.6 Å². The minimum atomic E-state index is -0.359. The molecule has 3 rings (SSSR count). The van der Waals surface area contributed by atoms with Crippen LogP contribution in [0.3, 0.4) is 0 Å². The van der Waals surface area contributed by atoms with E-state index in [9.17, 15) is 9.90 Å². The molecular weight excluding hydrogens is 316 g/mol. The Bertz CT molecular complexity index is 988. The molecular formula is C17H16O7. The monoisotopic (exact) mass is 332 g/mol. The van der Waals surface area contributed by atoms with Gasteiger partial charge in [-0.3, -0.25) is 4.79 Å². The average molecular weight is 332 g/mol. The molecule has 0 aliphatic heterocycles. The van der Waals surface area contributed by atoms with Crippen LogP contribution in [0.1, 0.15) is 0 Å². The first-order valence-corrected chi connectivity index (χ1v) is 7.02. The highest BCUT2D eigenvalue weighted by Gasteiger charge is 2.21. The molecule has 0 amide bonds. The van der Waals surface area contributed by atoms with Gasteiger partial charge in [0.1, 0.15) is 22.5 Å². The summed E-state index contributed by atoms with van der Waals surface area (Å²) < 4.78 is 26.5. The topological polar surface area (TPSA) is 87.4 Å². The Morgan fingerprint density at radius 1 is 0.917 bits per heavy atom. The highest BCUT2D eigenvalue weighted by Crippen LogP contribution is 2.43. The van der Waals surface area contributed by atoms with E-state index in [4.69, 9.17) is 23.4 Å². The zero-order valence-corrected chi connectivity index (χ0v) is 13.6. The van der Waals surface area contributed by atoms with Crippen LogP contribution in [0.5, 0.6) is 28.7 Å². The molecule has 0 atom stereocenters. The van der Waals surface area contributed by atoms with Crippen molar-refractivity contribution < 1.29 is 28.5 Å². The van der Waals surface area contributed by atoms with Crippen LogP contribution in [0.25, 0.3) is 21.9 Å². The number of ether oxygens (including phenoxy) is 4. The zero-order chi connectivity index (χ0) is 17.4. The Balaban J connectivity index is 2.53. The molecule has 0 unspecified atom stereocenters. The highest BCUT2D eigenvalue weighted by atomic mass is 16.5. The van der Waals surface area contributed by atoms with E-state index in [0.717, 1.165) is 0 Å². The summed E-state index contributed by atoms with van der Waals surface area (Å²) in [6.45, 7) is 0. The van der Waals surface area contributed by atoms with Gasteiger partial charge in [0, 0.05) is 12.1 Å². The summed E-state index contributed by atoms with van der Waals surface area (Å²) in [5.74, 6) is 0.771. The largest absolute Gasteiger partial charge is 0.502 e. The summed E-state index contributed by atoms with van der Waals surface area (Å²) in [6, 6.07) is 4.60. The van der Waals surface area contributed by atoms with Gasteiger partial charge in [-0.1, -0.05) is 0 Å². The fourth-order valence-electron chi connectivity index (χ4n) is 2.62. The van der Waals surface area contributed by atoms with E-state index in [1.807, 2.05) is 0 Å². The lowest BCUT2D eigenvalue weighted by Crippen LogP contribution is -2.05. The number of aromatic hydroxyl groups is 1. The Kier molecular flexibility index (Phi) is 3.84. The minimum absolute atomic E-state index is 0.000422. The normalized spacial score (nSPS) is 10.8. The predicted octanol–water partition coefficient (Wildman–Crippen LogP) is 2.69. The van der Waals surface area contributed by atoms with Gasteiger partial charge in [0.05, 0.1) is 33.8 Å². The summed E-state index contributed by atoms with van der Waals surface area (Å²) in [6.07, 6.45) is 0. The van der Waals surface area contributed by atoms with Crippen molar-refractivity contribution in [3.05, 3.63) is 28.4 Å². The molecule has 0 aliphatic carbocycles. The van der Waals surface area contributed by atoms with Crippen LogP contribution in [0.4, 0.5) is 0 Å². The molecule has 24 heavy (non-hydrogen) atoms. The molecule has 0 saturated heterocycles. The van der Waals surface area contributed by atoms with Gasteiger partial charge >= 0.3 is 0 Å². The Morgan fingerprint density at radius 3 is 2.21 bits per heavy atom. The molecule has 0 bridgehead atoms. The van der Waals surface area contributed by atoms with E-state index in [1.54, 1.807) is 12.1 Å². The molecule has 7 nitrogen and oxygen atoms in total. The summed E-state index contributed by atoms with van der Waals surface area (Å²) in [5, 5.41) is 10.8. The van der Waals surface area contributed by atoms with E-state index < -0.39 is 0 Å². The summed E-state index contributed by atoms with van der Waals surface area (Å²) in [5.41, 5.74) is -0.131. The zero-order valence-electron chi connectivity index (χ0n) is 13.6. The Hall–Kier alpha value is -3.09. The lowest BCUT2D eigenvalue weighted by molar-refractivity contribution is 0.333. The molecule has 0 aliphatic rings. The van der Waals surface area contributed by atoms with E-state index >= 15 is 0 Å². The average Bonchev–Trinajstić information content (AvgIpc) is 2.61. The predicted molar refractivity (Wildman–Crippen MR) is 87.9 cm³/mol. The number of rotatable bonds is 4. The SMILES string of the molecule is COc1cc(OC)c2c(=O)c3cc(OC)c(OC)c(O)c3oc2c1. The highest BCUT2D eigenvalue weighted by molar-refractivity contribution is 5.97. The van der Waals surface area contributed by atoms with E-state index in [0.29, 0.717) is 11.5 Å². The minimum Gasteiger partial charge on any atom is -0.502 e. The number of methoxy groups -OCH3 is 4. The lowest BCUT2D eigenvalue weighted by Gasteiger charge is -2.13. The van der Waals surface area contributed by atoms with Crippen LogP contribution < -0.4 is 24.4 Å². The van der Waals surface area contributed by atoms with E-state index in [1.165, 1.54) is 34.5 Å². The number of phenolic OH excluding ortho intramolecular Hbond substituents is 1. The van der Waals surface area contributed by atoms with Gasteiger partial charge in [-0.25, -0.2) is 0 Å². The number of hydrogen-bond acceptors (Lipinski definition) is 7. The van der Waals surface area contributed by atoms with Gasteiger partial charge in [0.2, 0.25) is 16.9 Å². The number of fused-ring (bicyclic) bond motifs is 2. The fourth-order valence-corrected chi connectivity index (χ4v) is 2.62. The second-order valence-corrected chi connectivity index (χ2v) is 4.97. The van der Waals surface area contributed by atoms with Gasteiger partial charge in [-0.15, -0.1) is 0 Å². The van der Waals surface area contributed by atoms with Crippen LogP contribution in [0.15, 0.2) is 27.4 Å². The molecule has 1 N–H and O–H groups in total. The first-order chi connectivity index (χ1) is 11.5. The maximum Gasteiger partial charge on any atom is 0.207 e. The standard InChI is InChI=1S/C17H16O7/c1-20-8-5-10(21-2)13-11(6-8)24-16-9(14(13)18)7-12(22-3)17(23-4)15(16)19/h5-7,19H,1-4H3. The summed E-state index contributed by atoms with van der Waals surface area (Å²) >= 11 is 0. The molecule has 7 heteroatoms. The number of benzene rings is 2. The van der Waals surface area contributed by atoms with Crippen LogP contribution in [0, 0.1) is 0 Å². The smallest absolute Gasteiger partial charge is 0.207 e. The van der Waals surface area contributed by atoms with Crippen molar-refractivity contribution in [1.29, 1.82) is 0 Å². The van der Waals surface area contributed by atoms with Crippen LogP contribution in [-0.4, -0.2) is 33.5 Å². The van der Waals surface area contributed by atoms with Gasteiger partial charge in [0.15, 0.2) is 11.3 Å². The number of phenols is 1. The third-order valence-electron chi connectivity index (χ3n) is 3.78. The van der Waals surface area contributed by atoms with Crippen molar-refractivity contribution in [3.63, 3.8) is 0 Å². The van der Waals surface area contributed by atoms with Gasteiger partial charge in [0.25, 0.3) is 0 Å². The third kappa shape index (κ3) is 2.17. The van der Waals surface area contributed by atoms with Gasteiger partial charge in [-0.05, 0) is 6.07 Å². The van der Waals surface area contributed by atoms with Gasteiger partial charge < -0.3 is 28.5 Å². The second kappa shape index (κ2) is 5.84. The first-order valence-electron chi connectivity index (χ1n) is 7.02. The maximum absolute atomic E-state index is 12.9. The number of hydrogen-bond donors (Lipinski definition) is 1. The molecule has 3 aromatic rings. The van der Waals surface area contributed by atoms with Crippen molar-refractivity contribution in [2.24, 2.45) is 0 Å². The van der Waals surface area contributed by atoms with E-state index in [2.05, 4.69) is 0 Å². The van der Waals surface area contributed by atoms with Crippen molar-refractivity contribution in [2.75, 3.05) is 28.4 Å². The molecule has 1 aromatic heterocycles. The molecule has 0 spiro atoms. The van der Waals surface area contributed by atoms with Crippen molar-refractivity contribution in [1.82, 2.24) is 0 Å². The van der Waals surface area contributed by atoms with Crippen molar-refractivity contribution in [3.8, 4) is 28.7 Å². The molecule has 2 aromatic carbocycles. The molecule has 0 saturated carbocycles. The lowest BCUT2D eigenvalue weighted by atomic mass is 10.1. The van der Waals surface area contributed by atoms with Crippen LogP contribution >= 0.6 is 0 Å². The molecule has 1 heterocycles. The Morgan fingerprint density at radius 2 is 1.62 bits per heavy atom. The van der Waals surface area contributed by atoms with Crippen molar-refractivity contribution in [2.45, 2.75) is 0 Å². The van der Waals surface area contributed by atoms with Crippen molar-refractivity contribution >= 4 is 21.9 Å². The molecule has 0 radical (unpaired) electrons. The van der Waals surface area contributed by atoms with Crippen LogP contribution in [0.2, 0.25) is 0 Å². The fraction of sp³-hybridized carbons (Fsp3) is 0.235. The summed E-state index contributed by atoms with van der Waals surface area (Å²) in [7, 11) is 5.74. The Labute approximate surface area is 136 Å². The molecule has 0 fully saturated rings. The quantitative estimate of drug-likeness (QED) is 0.735. The maximum atomic E-state index is 12.9. The van der Waals surface area contributed by atoms with Gasteiger partial charge in [-0.2, -0.15) is 0 Å².